The van der Waals surface area contributed by atoms with Crippen LogP contribution in [0.5, 0.6) is 0 Å². The molecule has 1 aromatic heterocycles. The molecule has 2 heterocycles. The minimum atomic E-state index is -0.326. The number of carbonyl (C=O) groups excluding carboxylic acids is 2. The molecule has 0 N–H and O–H groups in total. The number of hydrogen-bond donors (Lipinski definition) is 0. The summed E-state index contributed by atoms with van der Waals surface area (Å²) >= 11 is 1.47. The highest BCUT2D eigenvalue weighted by Crippen LogP contribution is 2.30. The molecule has 7 heteroatoms. The number of hydrogen-bond acceptors (Lipinski definition) is 7. The number of aliphatic imine (C=N–C) groups is 1. The van der Waals surface area contributed by atoms with E-state index >= 15 is 0 Å². The predicted molar refractivity (Wildman–Crippen MR) is 97.1 cm³/mol. The lowest BCUT2D eigenvalue weighted by Gasteiger charge is -2.28. The first-order valence-corrected chi connectivity index (χ1v) is 8.87. The van der Waals surface area contributed by atoms with Crippen molar-refractivity contribution in [3.63, 3.8) is 0 Å². The smallest absolute Gasteiger partial charge is 0.325 e. The molecule has 1 aliphatic heterocycles. The number of nitrogens with zero attached hydrogens (tertiary/aromatic N) is 3. The summed E-state index contributed by atoms with van der Waals surface area (Å²) in [7, 11) is 1.36. The van der Waals surface area contributed by atoms with Crippen LogP contribution in [0.3, 0.4) is 0 Å². The summed E-state index contributed by atoms with van der Waals surface area (Å²) in [5.41, 5.74) is 2.83. The topological polar surface area (TPSA) is 71.9 Å². The number of ketones is 1. The van der Waals surface area contributed by atoms with Gasteiger partial charge in [-0.15, -0.1) is 0 Å². The molecule has 0 saturated heterocycles. The number of esters is 1. The van der Waals surface area contributed by atoms with Gasteiger partial charge in [0.15, 0.2) is 11.0 Å². The van der Waals surface area contributed by atoms with Crippen molar-refractivity contribution in [1.29, 1.82) is 0 Å². The van der Waals surface area contributed by atoms with E-state index in [-0.39, 0.29) is 18.3 Å². The van der Waals surface area contributed by atoms with Crippen LogP contribution in [0.2, 0.25) is 0 Å². The molecule has 1 aromatic carbocycles. The van der Waals surface area contributed by atoms with Crippen LogP contribution in [0, 0.1) is 0 Å². The lowest BCUT2D eigenvalue weighted by molar-refractivity contribution is -0.141. The Morgan fingerprint density at radius 2 is 2.12 bits per heavy atom. The zero-order valence-electron chi connectivity index (χ0n) is 13.9. The maximum absolute atomic E-state index is 12.6. The number of benzene rings is 1. The lowest BCUT2D eigenvalue weighted by atomic mass is 10.0. The standard InChI is InChI=1S/C18H17N3O3S/c1-24-16(22)11-21-10-14-8-12(5-6-15(14)20-18(21)25-2)17(23)13-4-3-7-19-9-13/h3-9H,10-11H2,1-2H3. The van der Waals surface area contributed by atoms with Crippen molar-refractivity contribution >= 4 is 34.4 Å². The number of amidine groups is 1. The Morgan fingerprint density at radius 3 is 2.80 bits per heavy atom. The van der Waals surface area contributed by atoms with Gasteiger partial charge in [0, 0.05) is 30.1 Å². The maximum Gasteiger partial charge on any atom is 0.325 e. The summed E-state index contributed by atoms with van der Waals surface area (Å²) in [6.45, 7) is 0.620. The van der Waals surface area contributed by atoms with E-state index in [1.54, 1.807) is 30.6 Å². The summed E-state index contributed by atoms with van der Waals surface area (Å²) in [6.07, 6.45) is 5.09. The Labute approximate surface area is 149 Å². The molecular formula is C18H17N3O3S. The van der Waals surface area contributed by atoms with Gasteiger partial charge in [-0.25, -0.2) is 4.99 Å². The molecule has 0 atom stereocenters. The molecule has 3 rings (SSSR count). The molecule has 2 aromatic rings. The summed E-state index contributed by atoms with van der Waals surface area (Å²) in [5.74, 6) is -0.414. The molecule has 0 aliphatic carbocycles. The highest BCUT2D eigenvalue weighted by atomic mass is 32.2. The van der Waals surface area contributed by atoms with Gasteiger partial charge < -0.3 is 9.64 Å². The Balaban J connectivity index is 1.90. The monoisotopic (exact) mass is 355 g/mol. The Hall–Kier alpha value is -2.67. The molecule has 0 bridgehead atoms. The third-order valence-electron chi connectivity index (χ3n) is 3.84. The van der Waals surface area contributed by atoms with Gasteiger partial charge in [-0.05, 0) is 42.2 Å². The minimum absolute atomic E-state index is 0.0879. The van der Waals surface area contributed by atoms with Crippen LogP contribution < -0.4 is 0 Å². The van der Waals surface area contributed by atoms with E-state index in [2.05, 4.69) is 9.98 Å². The van der Waals surface area contributed by atoms with Gasteiger partial charge in [-0.1, -0.05) is 11.8 Å². The quantitative estimate of drug-likeness (QED) is 0.620. The Kier molecular flexibility index (Phi) is 5.14. The fourth-order valence-electron chi connectivity index (χ4n) is 2.59. The second-order valence-electron chi connectivity index (χ2n) is 5.45. The SMILES string of the molecule is COC(=O)CN1Cc2cc(C(=O)c3cccnc3)ccc2N=C1SC. The van der Waals surface area contributed by atoms with Crippen molar-refractivity contribution in [3.05, 3.63) is 59.4 Å². The van der Waals surface area contributed by atoms with Gasteiger partial charge in [-0.2, -0.15) is 0 Å². The Morgan fingerprint density at radius 1 is 1.28 bits per heavy atom. The largest absolute Gasteiger partial charge is 0.468 e. The molecule has 0 unspecified atom stereocenters. The van der Waals surface area contributed by atoms with Crippen LogP contribution >= 0.6 is 11.8 Å². The molecule has 0 saturated carbocycles. The second kappa shape index (κ2) is 7.48. The van der Waals surface area contributed by atoms with Gasteiger partial charge in [0.2, 0.25) is 0 Å². The van der Waals surface area contributed by atoms with E-state index in [9.17, 15) is 9.59 Å². The van der Waals surface area contributed by atoms with E-state index < -0.39 is 0 Å². The van der Waals surface area contributed by atoms with Crippen LogP contribution in [-0.4, -0.2) is 46.7 Å². The zero-order valence-corrected chi connectivity index (χ0v) is 14.7. The summed E-state index contributed by atoms with van der Waals surface area (Å²) in [5, 5.41) is 0.754. The highest BCUT2D eigenvalue weighted by molar-refractivity contribution is 8.13. The number of methoxy groups -OCH3 is 1. The first-order valence-electron chi connectivity index (χ1n) is 7.64. The number of fused-ring (bicyclic) bond motifs is 1. The maximum atomic E-state index is 12.6. The number of pyridine rings is 1. The van der Waals surface area contributed by atoms with Crippen LogP contribution in [0.25, 0.3) is 0 Å². The van der Waals surface area contributed by atoms with Gasteiger partial charge in [-0.3, -0.25) is 14.6 Å². The van der Waals surface area contributed by atoms with Crippen molar-refractivity contribution in [2.45, 2.75) is 6.54 Å². The highest BCUT2D eigenvalue weighted by Gasteiger charge is 2.23. The molecule has 6 nitrogen and oxygen atoms in total. The first kappa shape index (κ1) is 17.2. The van der Waals surface area contributed by atoms with Gasteiger partial charge in [0.05, 0.1) is 12.8 Å². The van der Waals surface area contributed by atoms with Crippen molar-refractivity contribution < 1.29 is 14.3 Å². The average molecular weight is 355 g/mol. The number of carbonyl (C=O) groups is 2. The molecule has 1 aliphatic rings. The Bertz CT molecular complexity index is 837. The molecular weight excluding hydrogens is 338 g/mol. The minimum Gasteiger partial charge on any atom is -0.468 e. The lowest BCUT2D eigenvalue weighted by Crippen LogP contribution is -2.35. The number of aromatic nitrogens is 1. The zero-order chi connectivity index (χ0) is 17.8. The fourth-order valence-corrected chi connectivity index (χ4v) is 3.17. The molecule has 0 spiro atoms. The molecule has 0 fully saturated rings. The summed E-state index contributed by atoms with van der Waals surface area (Å²) < 4.78 is 4.75. The third kappa shape index (κ3) is 3.71. The van der Waals surface area contributed by atoms with E-state index in [0.29, 0.717) is 17.7 Å². The van der Waals surface area contributed by atoms with Gasteiger partial charge in [0.25, 0.3) is 0 Å². The first-order chi connectivity index (χ1) is 12.1. The van der Waals surface area contributed by atoms with Crippen LogP contribution in [0.4, 0.5) is 5.69 Å². The van der Waals surface area contributed by atoms with Gasteiger partial charge in [0.1, 0.15) is 6.54 Å². The van der Waals surface area contributed by atoms with E-state index in [1.807, 2.05) is 23.3 Å². The normalized spacial score (nSPS) is 13.0. The second-order valence-corrected chi connectivity index (χ2v) is 6.22. The van der Waals surface area contributed by atoms with Crippen molar-refractivity contribution in [2.75, 3.05) is 19.9 Å². The number of ether oxygens (including phenoxy) is 1. The van der Waals surface area contributed by atoms with E-state index in [0.717, 1.165) is 16.4 Å². The van der Waals surface area contributed by atoms with Crippen LogP contribution in [0.15, 0.2) is 47.7 Å². The van der Waals surface area contributed by atoms with Crippen molar-refractivity contribution in [3.8, 4) is 0 Å². The molecule has 0 amide bonds. The molecule has 128 valence electrons. The predicted octanol–water partition coefficient (Wildman–Crippen LogP) is 2.65. The van der Waals surface area contributed by atoms with Crippen LogP contribution in [0.1, 0.15) is 21.5 Å². The van der Waals surface area contributed by atoms with E-state index in [1.165, 1.54) is 18.9 Å². The van der Waals surface area contributed by atoms with Crippen molar-refractivity contribution in [1.82, 2.24) is 9.88 Å². The number of thioether (sulfide) groups is 1. The molecule has 25 heavy (non-hydrogen) atoms. The third-order valence-corrected chi connectivity index (χ3v) is 4.56. The van der Waals surface area contributed by atoms with Crippen LogP contribution in [-0.2, 0) is 16.1 Å². The average Bonchev–Trinajstić information content (AvgIpc) is 2.66. The summed E-state index contributed by atoms with van der Waals surface area (Å²) in [6, 6.07) is 8.91. The summed E-state index contributed by atoms with van der Waals surface area (Å²) in [4.78, 5) is 34.6. The molecule has 0 radical (unpaired) electrons. The van der Waals surface area contributed by atoms with E-state index in [4.69, 9.17) is 4.74 Å². The number of rotatable bonds is 4. The van der Waals surface area contributed by atoms with Gasteiger partial charge >= 0.3 is 5.97 Å². The fraction of sp³-hybridized carbons (Fsp3) is 0.222. The van der Waals surface area contributed by atoms with Crippen molar-refractivity contribution in [2.24, 2.45) is 4.99 Å².